The number of benzene rings is 2. The Hall–Kier alpha value is -3.75. The number of rotatable bonds is 3. The molecule has 0 aliphatic heterocycles. The van der Waals surface area contributed by atoms with E-state index in [1.165, 1.54) is 41.1 Å². The smallest absolute Gasteiger partial charge is 0.322 e. The van der Waals surface area contributed by atoms with Crippen molar-refractivity contribution in [2.45, 2.75) is 20.0 Å². The molecule has 0 bridgehead atoms. The van der Waals surface area contributed by atoms with Gasteiger partial charge in [0.2, 0.25) is 0 Å². The van der Waals surface area contributed by atoms with E-state index in [-0.39, 0.29) is 11.3 Å². The fraction of sp³-hybridized carbons (Fsp3) is 0.136. The Morgan fingerprint density at radius 1 is 1.03 bits per heavy atom. The summed E-state index contributed by atoms with van der Waals surface area (Å²) in [7, 11) is 0. The van der Waals surface area contributed by atoms with Crippen LogP contribution in [-0.2, 0) is 6.18 Å². The van der Waals surface area contributed by atoms with Crippen molar-refractivity contribution in [2.24, 2.45) is 0 Å². The Labute approximate surface area is 174 Å². The number of aromatic nitrogens is 3. The molecule has 158 valence electrons. The highest BCUT2D eigenvalue weighted by molar-refractivity contribution is 6.12. The predicted molar refractivity (Wildman–Crippen MR) is 108 cm³/mol. The van der Waals surface area contributed by atoms with Crippen LogP contribution in [0.1, 0.15) is 27.3 Å². The van der Waals surface area contributed by atoms with E-state index in [1.54, 1.807) is 19.9 Å². The number of pyridine rings is 1. The van der Waals surface area contributed by atoms with Crippen molar-refractivity contribution >= 4 is 22.6 Å². The molecule has 2 aromatic heterocycles. The summed E-state index contributed by atoms with van der Waals surface area (Å²) in [6.07, 6.45) is -4.52. The lowest BCUT2D eigenvalue weighted by molar-refractivity contribution is -0.137. The Bertz CT molecular complexity index is 1310. The van der Waals surface area contributed by atoms with E-state index in [1.807, 2.05) is 0 Å². The standard InChI is InChI=1S/C22H16F4N4O/c1-12-9-18(21(31)28-16-7-3-5-14(10-16)22(24,25)26)19-13(2)29-30(20(19)27-12)17-8-4-6-15(23)11-17/h3-11H,1-2H3,(H,28,31). The van der Waals surface area contributed by atoms with E-state index in [0.29, 0.717) is 28.1 Å². The average molecular weight is 428 g/mol. The zero-order valence-corrected chi connectivity index (χ0v) is 16.5. The van der Waals surface area contributed by atoms with Crippen LogP contribution in [0.15, 0.2) is 54.6 Å². The Kier molecular flexibility index (Phi) is 4.96. The van der Waals surface area contributed by atoms with Gasteiger partial charge in [0.25, 0.3) is 5.91 Å². The number of halogens is 4. The molecular formula is C22H16F4N4O. The number of nitrogens with one attached hydrogen (secondary N) is 1. The summed E-state index contributed by atoms with van der Waals surface area (Å²) < 4.78 is 54.1. The molecule has 0 spiro atoms. The summed E-state index contributed by atoms with van der Waals surface area (Å²) in [5.41, 5.74) is 1.10. The Morgan fingerprint density at radius 2 is 1.77 bits per heavy atom. The third-order valence-electron chi connectivity index (χ3n) is 4.69. The number of carbonyl (C=O) groups is 1. The van der Waals surface area contributed by atoms with Gasteiger partial charge in [-0.05, 0) is 56.3 Å². The van der Waals surface area contributed by atoms with Gasteiger partial charge >= 0.3 is 6.18 Å². The second-order valence-electron chi connectivity index (χ2n) is 7.02. The van der Waals surface area contributed by atoms with Gasteiger partial charge in [-0.2, -0.15) is 18.3 Å². The van der Waals surface area contributed by atoms with Crippen LogP contribution in [0.3, 0.4) is 0 Å². The van der Waals surface area contributed by atoms with Crippen molar-refractivity contribution in [3.05, 3.63) is 82.9 Å². The number of aryl methyl sites for hydroxylation is 2. The maximum Gasteiger partial charge on any atom is 0.416 e. The highest BCUT2D eigenvalue weighted by Crippen LogP contribution is 2.31. The second kappa shape index (κ2) is 7.50. The molecule has 0 unspecified atom stereocenters. The minimum atomic E-state index is -4.52. The topological polar surface area (TPSA) is 59.8 Å². The summed E-state index contributed by atoms with van der Waals surface area (Å²) in [5, 5.41) is 7.34. The first-order chi connectivity index (χ1) is 14.6. The molecule has 0 aliphatic rings. The molecular weight excluding hydrogens is 412 g/mol. The van der Waals surface area contributed by atoms with Crippen molar-refractivity contribution < 1.29 is 22.4 Å². The Morgan fingerprint density at radius 3 is 2.48 bits per heavy atom. The summed E-state index contributed by atoms with van der Waals surface area (Å²) in [5.74, 6) is -1.05. The SMILES string of the molecule is Cc1cc(C(=O)Nc2cccc(C(F)(F)F)c2)c2c(C)nn(-c3cccc(F)c3)c2n1. The highest BCUT2D eigenvalue weighted by Gasteiger charge is 2.30. The fourth-order valence-corrected chi connectivity index (χ4v) is 3.35. The third kappa shape index (κ3) is 3.98. The van der Waals surface area contributed by atoms with E-state index in [9.17, 15) is 22.4 Å². The van der Waals surface area contributed by atoms with Crippen molar-refractivity contribution in [1.82, 2.24) is 14.8 Å². The van der Waals surface area contributed by atoms with Gasteiger partial charge in [0.1, 0.15) is 5.82 Å². The zero-order chi connectivity index (χ0) is 22.3. The van der Waals surface area contributed by atoms with E-state index in [2.05, 4.69) is 15.4 Å². The van der Waals surface area contributed by atoms with Crippen molar-refractivity contribution in [3.8, 4) is 5.69 Å². The minimum Gasteiger partial charge on any atom is -0.322 e. The molecule has 4 rings (SSSR count). The summed E-state index contributed by atoms with van der Waals surface area (Å²) >= 11 is 0. The van der Waals surface area contributed by atoms with Crippen LogP contribution in [0, 0.1) is 19.7 Å². The van der Waals surface area contributed by atoms with Crippen LogP contribution in [0.25, 0.3) is 16.7 Å². The van der Waals surface area contributed by atoms with E-state index >= 15 is 0 Å². The van der Waals surface area contributed by atoms with Gasteiger partial charge in [-0.15, -0.1) is 0 Å². The van der Waals surface area contributed by atoms with Gasteiger partial charge < -0.3 is 5.32 Å². The lowest BCUT2D eigenvalue weighted by Crippen LogP contribution is -2.14. The lowest BCUT2D eigenvalue weighted by Gasteiger charge is -2.11. The van der Waals surface area contributed by atoms with E-state index in [0.717, 1.165) is 12.1 Å². The quantitative estimate of drug-likeness (QED) is 0.442. The van der Waals surface area contributed by atoms with Crippen molar-refractivity contribution in [2.75, 3.05) is 5.32 Å². The number of hydrogen-bond acceptors (Lipinski definition) is 3. The van der Waals surface area contributed by atoms with Crippen LogP contribution >= 0.6 is 0 Å². The predicted octanol–water partition coefficient (Wildman–Crippen LogP) is 5.45. The third-order valence-corrected chi connectivity index (χ3v) is 4.69. The van der Waals surface area contributed by atoms with E-state index in [4.69, 9.17) is 0 Å². The number of fused-ring (bicyclic) bond motifs is 1. The molecule has 1 amide bonds. The largest absolute Gasteiger partial charge is 0.416 e. The minimum absolute atomic E-state index is 0.0117. The summed E-state index contributed by atoms with van der Waals surface area (Å²) in [6.45, 7) is 3.36. The molecule has 0 saturated heterocycles. The number of alkyl halides is 3. The van der Waals surface area contributed by atoms with Gasteiger partial charge in [-0.25, -0.2) is 14.1 Å². The first-order valence-corrected chi connectivity index (χ1v) is 9.25. The first-order valence-electron chi connectivity index (χ1n) is 9.25. The monoisotopic (exact) mass is 428 g/mol. The number of hydrogen-bond donors (Lipinski definition) is 1. The Balaban J connectivity index is 1.79. The summed E-state index contributed by atoms with van der Waals surface area (Å²) in [6, 6.07) is 11.7. The number of anilines is 1. The molecule has 0 aliphatic carbocycles. The normalized spacial score (nSPS) is 11.7. The van der Waals surface area contributed by atoms with Crippen molar-refractivity contribution in [3.63, 3.8) is 0 Å². The number of nitrogens with zero attached hydrogens (tertiary/aromatic N) is 3. The molecule has 2 aromatic carbocycles. The maximum atomic E-state index is 13.7. The van der Waals surface area contributed by atoms with E-state index < -0.39 is 23.5 Å². The molecule has 4 aromatic rings. The van der Waals surface area contributed by atoms with Crippen LogP contribution in [-0.4, -0.2) is 20.7 Å². The van der Waals surface area contributed by atoms with Gasteiger partial charge in [0, 0.05) is 11.4 Å². The van der Waals surface area contributed by atoms with Gasteiger partial charge in [-0.1, -0.05) is 12.1 Å². The van der Waals surface area contributed by atoms with Crippen LogP contribution in [0.2, 0.25) is 0 Å². The highest BCUT2D eigenvalue weighted by atomic mass is 19.4. The molecule has 0 radical (unpaired) electrons. The molecule has 2 heterocycles. The summed E-state index contributed by atoms with van der Waals surface area (Å²) in [4.78, 5) is 17.4. The lowest BCUT2D eigenvalue weighted by atomic mass is 10.1. The first kappa shape index (κ1) is 20.5. The van der Waals surface area contributed by atoms with Gasteiger partial charge in [-0.3, -0.25) is 4.79 Å². The molecule has 0 fully saturated rings. The second-order valence-corrected chi connectivity index (χ2v) is 7.02. The van der Waals surface area contributed by atoms with Crippen LogP contribution in [0.4, 0.5) is 23.2 Å². The average Bonchev–Trinajstić information content (AvgIpc) is 3.03. The molecule has 0 atom stereocenters. The molecule has 9 heteroatoms. The maximum absolute atomic E-state index is 13.7. The van der Waals surface area contributed by atoms with Gasteiger partial charge in [0.15, 0.2) is 5.65 Å². The fourth-order valence-electron chi connectivity index (χ4n) is 3.35. The zero-order valence-electron chi connectivity index (χ0n) is 16.5. The van der Waals surface area contributed by atoms with Crippen molar-refractivity contribution in [1.29, 1.82) is 0 Å². The molecule has 0 saturated carbocycles. The molecule has 1 N–H and O–H groups in total. The van der Waals surface area contributed by atoms with Crippen LogP contribution in [0.5, 0.6) is 0 Å². The van der Waals surface area contributed by atoms with Crippen LogP contribution < -0.4 is 5.32 Å². The molecule has 5 nitrogen and oxygen atoms in total. The molecule has 31 heavy (non-hydrogen) atoms. The number of amides is 1. The number of carbonyl (C=O) groups excluding carboxylic acids is 1. The van der Waals surface area contributed by atoms with Gasteiger partial charge in [0.05, 0.1) is 27.9 Å².